The second-order valence-corrected chi connectivity index (χ2v) is 6.64. The van der Waals surface area contributed by atoms with Gasteiger partial charge < -0.3 is 9.73 Å². The number of rotatable bonds is 5. The fourth-order valence-corrected chi connectivity index (χ4v) is 3.31. The highest BCUT2D eigenvalue weighted by molar-refractivity contribution is 6.31. The van der Waals surface area contributed by atoms with E-state index in [1.807, 2.05) is 13.8 Å². The number of aryl methyl sites for hydroxylation is 1. The monoisotopic (exact) mass is 345 g/mol. The Labute approximate surface area is 146 Å². The number of hydrogen-bond donors (Lipinski definition) is 1. The van der Waals surface area contributed by atoms with Gasteiger partial charge in [-0.1, -0.05) is 18.5 Å². The molecule has 0 saturated heterocycles. The Morgan fingerprint density at radius 3 is 2.88 bits per heavy atom. The summed E-state index contributed by atoms with van der Waals surface area (Å²) >= 11 is 6.04. The molecule has 2 atom stereocenters. The molecule has 3 rings (SSSR count). The van der Waals surface area contributed by atoms with Gasteiger partial charge in [0.1, 0.15) is 11.9 Å². The maximum Gasteiger partial charge on any atom is 0.216 e. The molecule has 0 bridgehead atoms. The van der Waals surface area contributed by atoms with Crippen LogP contribution >= 0.6 is 11.6 Å². The highest BCUT2D eigenvalue weighted by Crippen LogP contribution is 2.32. The minimum Gasteiger partial charge on any atom is -0.425 e. The summed E-state index contributed by atoms with van der Waals surface area (Å²) in [4.78, 5) is 4.29. The van der Waals surface area contributed by atoms with Crippen molar-refractivity contribution in [3.8, 4) is 6.07 Å². The molecule has 0 radical (unpaired) electrons. The molecule has 6 nitrogen and oxygen atoms in total. The highest BCUT2D eigenvalue weighted by atomic mass is 35.5. The number of nitrogens with one attached hydrogen (secondary N) is 1. The van der Waals surface area contributed by atoms with Gasteiger partial charge in [-0.25, -0.2) is 4.98 Å². The van der Waals surface area contributed by atoms with E-state index in [9.17, 15) is 5.26 Å². The van der Waals surface area contributed by atoms with Crippen LogP contribution in [0.1, 0.15) is 49.1 Å². The highest BCUT2D eigenvalue weighted by Gasteiger charge is 2.27. The zero-order chi connectivity index (χ0) is 17.1. The molecule has 7 heteroatoms. The van der Waals surface area contributed by atoms with Gasteiger partial charge in [-0.15, -0.1) is 10.2 Å². The summed E-state index contributed by atoms with van der Waals surface area (Å²) in [5, 5.41) is 21.4. The smallest absolute Gasteiger partial charge is 0.216 e. The zero-order valence-corrected chi connectivity index (χ0v) is 14.6. The third-order valence-corrected chi connectivity index (χ3v) is 4.93. The van der Waals surface area contributed by atoms with Crippen LogP contribution in [-0.4, -0.2) is 21.2 Å². The predicted octanol–water partition coefficient (Wildman–Crippen LogP) is 3.68. The molecule has 2 aromatic heterocycles. The van der Waals surface area contributed by atoms with E-state index in [4.69, 9.17) is 16.0 Å². The van der Waals surface area contributed by atoms with Crippen LogP contribution in [0.2, 0.25) is 5.02 Å². The Morgan fingerprint density at radius 1 is 1.38 bits per heavy atom. The first-order chi connectivity index (χ1) is 11.6. The van der Waals surface area contributed by atoms with Gasteiger partial charge in [0.15, 0.2) is 0 Å². The van der Waals surface area contributed by atoms with Crippen LogP contribution in [0.5, 0.6) is 0 Å². The topological polar surface area (TPSA) is 87.6 Å². The Balaban J connectivity index is 1.62. The molecule has 0 spiro atoms. The number of nitrogens with zero attached hydrogens (tertiary/aromatic N) is 4. The number of anilines is 1. The quantitative estimate of drug-likeness (QED) is 0.889. The second kappa shape index (κ2) is 7.18. The van der Waals surface area contributed by atoms with Crippen LogP contribution in [0, 0.1) is 24.2 Å². The molecule has 2 aromatic rings. The largest absolute Gasteiger partial charge is 0.425 e. The lowest BCUT2D eigenvalue weighted by Crippen LogP contribution is -2.18. The molecule has 0 amide bonds. The molecule has 0 unspecified atom stereocenters. The Hall–Kier alpha value is -2.13. The minimum atomic E-state index is 0.295. The fraction of sp³-hybridized carbons (Fsp3) is 0.529. The molecule has 1 N–H and O–H groups in total. The average Bonchev–Trinajstić information content (AvgIpc) is 3.21. The van der Waals surface area contributed by atoms with E-state index in [2.05, 4.69) is 26.6 Å². The molecule has 1 saturated carbocycles. The average molecular weight is 346 g/mol. The van der Waals surface area contributed by atoms with E-state index in [0.29, 0.717) is 34.3 Å². The van der Waals surface area contributed by atoms with Gasteiger partial charge in [0, 0.05) is 25.1 Å². The summed E-state index contributed by atoms with van der Waals surface area (Å²) in [5.41, 5.74) is 1.29. The number of halogens is 1. The predicted molar refractivity (Wildman–Crippen MR) is 90.8 cm³/mol. The van der Waals surface area contributed by atoms with Gasteiger partial charge in [-0.3, -0.25) is 0 Å². The SMILES string of the molecule is CCc1nnc(C[C@@H]2CC[C@H](Nc3ncc(Cl)c(C)c3C#N)C2)o1. The van der Waals surface area contributed by atoms with Crippen molar-refractivity contribution in [2.45, 2.75) is 52.0 Å². The first-order valence-electron chi connectivity index (χ1n) is 8.23. The molecule has 2 heterocycles. The molecule has 126 valence electrons. The van der Waals surface area contributed by atoms with Crippen molar-refractivity contribution >= 4 is 17.4 Å². The maximum atomic E-state index is 9.35. The van der Waals surface area contributed by atoms with E-state index >= 15 is 0 Å². The van der Waals surface area contributed by atoms with E-state index in [1.165, 1.54) is 0 Å². The Morgan fingerprint density at radius 2 is 2.17 bits per heavy atom. The van der Waals surface area contributed by atoms with Crippen LogP contribution in [0.25, 0.3) is 0 Å². The van der Waals surface area contributed by atoms with Crippen molar-refractivity contribution in [2.24, 2.45) is 5.92 Å². The first-order valence-corrected chi connectivity index (χ1v) is 8.61. The van der Waals surface area contributed by atoms with Gasteiger partial charge >= 0.3 is 0 Å². The first kappa shape index (κ1) is 16.7. The molecule has 1 aliphatic carbocycles. The Bertz CT molecular complexity index is 767. The van der Waals surface area contributed by atoms with Crippen LogP contribution in [0.15, 0.2) is 10.6 Å². The minimum absolute atomic E-state index is 0.295. The van der Waals surface area contributed by atoms with Crippen molar-refractivity contribution in [3.05, 3.63) is 34.1 Å². The van der Waals surface area contributed by atoms with Crippen LogP contribution in [0.4, 0.5) is 5.82 Å². The van der Waals surface area contributed by atoms with Crippen molar-refractivity contribution in [2.75, 3.05) is 5.32 Å². The Kier molecular flexibility index (Phi) is 5.00. The van der Waals surface area contributed by atoms with Crippen molar-refractivity contribution < 1.29 is 4.42 Å². The summed E-state index contributed by atoms with van der Waals surface area (Å²) in [7, 11) is 0. The third-order valence-electron chi connectivity index (χ3n) is 4.55. The summed E-state index contributed by atoms with van der Waals surface area (Å²) in [5.74, 6) is 2.54. The lowest BCUT2D eigenvalue weighted by molar-refractivity contribution is 0.409. The standard InChI is InChI=1S/C17H20ClN5O/c1-3-15-22-23-16(24-15)7-11-4-5-12(6-11)21-17-13(8-19)10(2)14(18)9-20-17/h9,11-12H,3-7H2,1-2H3,(H,20,21)/t11-,12+/m1/s1. The summed E-state index contributed by atoms with van der Waals surface area (Å²) in [6, 6.07) is 2.49. The van der Waals surface area contributed by atoms with E-state index in [0.717, 1.165) is 43.6 Å². The number of aromatic nitrogens is 3. The van der Waals surface area contributed by atoms with Crippen LogP contribution in [0.3, 0.4) is 0 Å². The number of hydrogen-bond acceptors (Lipinski definition) is 6. The molecule has 0 aromatic carbocycles. The molecule has 0 aliphatic heterocycles. The van der Waals surface area contributed by atoms with Crippen LogP contribution in [-0.2, 0) is 12.8 Å². The maximum absolute atomic E-state index is 9.35. The van der Waals surface area contributed by atoms with Crippen molar-refractivity contribution in [3.63, 3.8) is 0 Å². The number of pyridine rings is 1. The summed E-state index contributed by atoms with van der Waals surface area (Å²) in [6.07, 6.45) is 6.29. The summed E-state index contributed by atoms with van der Waals surface area (Å²) < 4.78 is 5.60. The van der Waals surface area contributed by atoms with E-state index < -0.39 is 0 Å². The van der Waals surface area contributed by atoms with Gasteiger partial charge in [0.2, 0.25) is 11.8 Å². The van der Waals surface area contributed by atoms with Gasteiger partial charge in [0.05, 0.1) is 10.6 Å². The van der Waals surface area contributed by atoms with Gasteiger partial charge in [0.25, 0.3) is 0 Å². The van der Waals surface area contributed by atoms with E-state index in [1.54, 1.807) is 6.20 Å². The summed E-state index contributed by atoms with van der Waals surface area (Å²) in [6.45, 7) is 3.84. The van der Waals surface area contributed by atoms with Gasteiger partial charge in [-0.2, -0.15) is 5.26 Å². The molecule has 1 fully saturated rings. The normalized spacial score (nSPS) is 20.1. The van der Waals surface area contributed by atoms with Crippen LogP contribution < -0.4 is 5.32 Å². The lowest BCUT2D eigenvalue weighted by Gasteiger charge is -2.16. The lowest BCUT2D eigenvalue weighted by atomic mass is 10.0. The molecular weight excluding hydrogens is 326 g/mol. The second-order valence-electron chi connectivity index (χ2n) is 6.23. The zero-order valence-electron chi connectivity index (χ0n) is 13.8. The fourth-order valence-electron chi connectivity index (χ4n) is 3.17. The van der Waals surface area contributed by atoms with Crippen molar-refractivity contribution in [1.29, 1.82) is 5.26 Å². The van der Waals surface area contributed by atoms with E-state index in [-0.39, 0.29) is 0 Å². The third kappa shape index (κ3) is 3.51. The van der Waals surface area contributed by atoms with Crippen molar-refractivity contribution in [1.82, 2.24) is 15.2 Å². The van der Waals surface area contributed by atoms with Gasteiger partial charge in [-0.05, 0) is 37.7 Å². The molecule has 1 aliphatic rings. The molecule has 24 heavy (non-hydrogen) atoms. The number of nitriles is 1. The molecular formula is C17H20ClN5O.